The Kier molecular flexibility index (Phi) is 3.36. The molecular formula is C22H19N2O+. The molecule has 3 heteroatoms. The van der Waals surface area contributed by atoms with Crippen molar-refractivity contribution in [2.75, 3.05) is 0 Å². The summed E-state index contributed by atoms with van der Waals surface area (Å²) in [7, 11) is 2.08. The average Bonchev–Trinajstić information content (AvgIpc) is 2.96. The zero-order valence-electron chi connectivity index (χ0n) is 14.8. The van der Waals surface area contributed by atoms with Gasteiger partial charge < -0.3 is 4.42 Å². The molecule has 0 aliphatic heterocycles. The van der Waals surface area contributed by atoms with Crippen molar-refractivity contribution < 1.29 is 8.98 Å². The average molecular weight is 327 g/mol. The molecule has 0 bridgehead atoms. The molecule has 2 aromatic heterocycles. The molecule has 0 spiro atoms. The van der Waals surface area contributed by atoms with Crippen molar-refractivity contribution in [3.8, 4) is 11.3 Å². The van der Waals surface area contributed by atoms with Crippen LogP contribution in [-0.2, 0) is 7.05 Å². The first-order valence-corrected chi connectivity index (χ1v) is 8.30. The minimum Gasteiger partial charge on any atom is -0.456 e. The number of aromatic nitrogens is 1. The molecule has 0 aliphatic rings. The Morgan fingerprint density at radius 2 is 1.68 bits per heavy atom. The second kappa shape index (κ2) is 5.46. The van der Waals surface area contributed by atoms with Crippen LogP contribution in [0.5, 0.6) is 0 Å². The maximum atomic E-state index is 7.32. The number of pyridine rings is 1. The first-order chi connectivity index (χ1) is 12.0. The molecule has 3 nitrogen and oxygen atoms in total. The van der Waals surface area contributed by atoms with E-state index < -0.39 is 0 Å². The van der Waals surface area contributed by atoms with Gasteiger partial charge in [-0.1, -0.05) is 12.1 Å². The van der Waals surface area contributed by atoms with E-state index in [0.717, 1.165) is 27.6 Å². The third-order valence-electron chi connectivity index (χ3n) is 4.96. The molecule has 0 saturated heterocycles. The second-order valence-electron chi connectivity index (χ2n) is 6.66. The summed E-state index contributed by atoms with van der Waals surface area (Å²) < 4.78 is 8.22. The van der Waals surface area contributed by atoms with Gasteiger partial charge in [0.25, 0.3) is 0 Å². The molecule has 0 radical (unpaired) electrons. The fraction of sp³-hybridized carbons (Fsp3) is 0.182. The van der Waals surface area contributed by atoms with Gasteiger partial charge in [0.2, 0.25) is 5.69 Å². The van der Waals surface area contributed by atoms with Crippen LogP contribution in [-0.4, -0.2) is 0 Å². The molecule has 0 saturated carbocycles. The number of nitrogens with zero attached hydrogens (tertiary/aromatic N) is 2. The van der Waals surface area contributed by atoms with Crippen molar-refractivity contribution in [1.82, 2.24) is 0 Å². The van der Waals surface area contributed by atoms with Gasteiger partial charge in [0.15, 0.2) is 11.9 Å². The summed E-state index contributed by atoms with van der Waals surface area (Å²) in [6.07, 6.45) is 2.16. The maximum absolute atomic E-state index is 7.32. The smallest absolute Gasteiger partial charge is 0.213 e. The number of aryl methyl sites for hydroxylation is 4. The van der Waals surface area contributed by atoms with Crippen LogP contribution in [0, 0.1) is 27.3 Å². The fourth-order valence-electron chi connectivity index (χ4n) is 3.49. The summed E-state index contributed by atoms with van der Waals surface area (Å²) in [5, 5.41) is 2.08. The first kappa shape index (κ1) is 15.4. The standard InChI is InChI=1S/C22H19N2O/c1-13-6-8-20-22(17-11-16(23-4)7-9-19(17)25-20)21(13)18-10-14(2)15(3)12-24(18)5/h6-12H,1-3,5H3/q+1. The molecule has 0 N–H and O–H groups in total. The fourth-order valence-corrected chi connectivity index (χ4v) is 3.49. The molecule has 0 amide bonds. The molecule has 0 fully saturated rings. The Balaban J connectivity index is 2.18. The summed E-state index contributed by atoms with van der Waals surface area (Å²) in [6.45, 7) is 13.7. The molecule has 4 aromatic rings. The molecule has 0 aliphatic carbocycles. The Labute approximate surface area is 147 Å². The highest BCUT2D eigenvalue weighted by Gasteiger charge is 2.21. The first-order valence-electron chi connectivity index (χ1n) is 8.30. The number of furan rings is 1. The molecule has 2 heterocycles. The van der Waals surface area contributed by atoms with Gasteiger partial charge in [-0.2, -0.15) is 0 Å². The van der Waals surface area contributed by atoms with Crippen LogP contribution in [0.25, 0.3) is 38.0 Å². The highest BCUT2D eigenvalue weighted by atomic mass is 16.3. The van der Waals surface area contributed by atoms with Gasteiger partial charge in [-0.05, 0) is 50.1 Å². The normalized spacial score (nSPS) is 11.2. The van der Waals surface area contributed by atoms with Crippen molar-refractivity contribution in [2.45, 2.75) is 20.8 Å². The van der Waals surface area contributed by atoms with Crippen molar-refractivity contribution in [1.29, 1.82) is 0 Å². The van der Waals surface area contributed by atoms with Crippen molar-refractivity contribution in [3.05, 3.63) is 70.7 Å². The van der Waals surface area contributed by atoms with Gasteiger partial charge in [0.1, 0.15) is 18.2 Å². The summed E-state index contributed by atoms with van der Waals surface area (Å²) >= 11 is 0. The molecule has 2 aromatic carbocycles. The van der Waals surface area contributed by atoms with Gasteiger partial charge in [-0.15, -0.1) is 0 Å². The van der Waals surface area contributed by atoms with Crippen LogP contribution in [0.4, 0.5) is 5.69 Å². The number of hydrogen-bond donors (Lipinski definition) is 0. The minimum atomic E-state index is 0.632. The molecule has 122 valence electrons. The summed E-state index contributed by atoms with van der Waals surface area (Å²) in [4.78, 5) is 3.58. The number of hydrogen-bond acceptors (Lipinski definition) is 1. The summed E-state index contributed by atoms with van der Waals surface area (Å²) in [5.41, 5.74) is 8.36. The Bertz CT molecular complexity index is 1190. The zero-order valence-corrected chi connectivity index (χ0v) is 14.8. The summed E-state index contributed by atoms with van der Waals surface area (Å²) in [5.74, 6) is 0. The lowest BCUT2D eigenvalue weighted by atomic mass is 9.96. The molecule has 25 heavy (non-hydrogen) atoms. The molecule has 0 unspecified atom stereocenters. The topological polar surface area (TPSA) is 21.4 Å². The number of benzene rings is 2. The quantitative estimate of drug-likeness (QED) is 0.331. The van der Waals surface area contributed by atoms with E-state index in [2.05, 4.69) is 55.6 Å². The second-order valence-corrected chi connectivity index (χ2v) is 6.66. The van der Waals surface area contributed by atoms with E-state index in [4.69, 9.17) is 11.0 Å². The molecule has 4 rings (SSSR count). The van der Waals surface area contributed by atoms with Crippen LogP contribution in [0.2, 0.25) is 0 Å². The third kappa shape index (κ3) is 2.30. The Morgan fingerprint density at radius 1 is 0.920 bits per heavy atom. The lowest BCUT2D eigenvalue weighted by molar-refractivity contribution is -0.660. The van der Waals surface area contributed by atoms with Gasteiger partial charge in [0, 0.05) is 22.4 Å². The van der Waals surface area contributed by atoms with Crippen LogP contribution >= 0.6 is 0 Å². The molecular weight excluding hydrogens is 308 g/mol. The lowest BCUT2D eigenvalue weighted by Gasteiger charge is -2.08. The SMILES string of the molecule is [C-]#[N+]c1ccc2oc3ccc(C)c(-c4cc(C)c(C)c[n+]4C)c3c2c1. The van der Waals surface area contributed by atoms with Crippen LogP contribution in [0.3, 0.4) is 0 Å². The van der Waals surface area contributed by atoms with E-state index in [1.807, 2.05) is 18.2 Å². The van der Waals surface area contributed by atoms with Gasteiger partial charge >= 0.3 is 0 Å². The number of fused-ring (bicyclic) bond motifs is 3. The van der Waals surface area contributed by atoms with E-state index in [1.165, 1.54) is 22.3 Å². The Morgan fingerprint density at radius 3 is 2.44 bits per heavy atom. The van der Waals surface area contributed by atoms with Gasteiger partial charge in [-0.3, -0.25) is 0 Å². The predicted octanol–water partition coefficient (Wildman–Crippen LogP) is 5.55. The third-order valence-corrected chi connectivity index (χ3v) is 4.96. The summed E-state index contributed by atoms with van der Waals surface area (Å²) in [6, 6.07) is 12.0. The van der Waals surface area contributed by atoms with E-state index >= 15 is 0 Å². The van der Waals surface area contributed by atoms with Gasteiger partial charge in [-0.25, -0.2) is 9.41 Å². The van der Waals surface area contributed by atoms with Crippen LogP contribution < -0.4 is 4.57 Å². The Hall–Kier alpha value is -3.12. The van der Waals surface area contributed by atoms with E-state index in [-0.39, 0.29) is 0 Å². The monoisotopic (exact) mass is 327 g/mol. The van der Waals surface area contributed by atoms with Crippen molar-refractivity contribution in [3.63, 3.8) is 0 Å². The number of rotatable bonds is 1. The van der Waals surface area contributed by atoms with Crippen molar-refractivity contribution in [2.24, 2.45) is 7.05 Å². The predicted molar refractivity (Wildman–Crippen MR) is 101 cm³/mol. The van der Waals surface area contributed by atoms with Crippen molar-refractivity contribution >= 4 is 27.6 Å². The maximum Gasteiger partial charge on any atom is 0.213 e. The lowest BCUT2D eigenvalue weighted by Crippen LogP contribution is -2.31. The zero-order chi connectivity index (χ0) is 17.7. The highest BCUT2D eigenvalue weighted by Crippen LogP contribution is 2.39. The largest absolute Gasteiger partial charge is 0.456 e. The highest BCUT2D eigenvalue weighted by molar-refractivity contribution is 6.13. The van der Waals surface area contributed by atoms with E-state index in [9.17, 15) is 0 Å². The van der Waals surface area contributed by atoms with E-state index in [1.54, 1.807) is 6.07 Å². The minimum absolute atomic E-state index is 0.632. The molecule has 0 atom stereocenters. The van der Waals surface area contributed by atoms with E-state index in [0.29, 0.717) is 5.69 Å². The van der Waals surface area contributed by atoms with Gasteiger partial charge in [0.05, 0.1) is 12.1 Å². The van der Waals surface area contributed by atoms with Crippen LogP contribution in [0.1, 0.15) is 16.7 Å². The van der Waals surface area contributed by atoms with Crippen LogP contribution in [0.15, 0.2) is 47.0 Å².